The van der Waals surface area contributed by atoms with E-state index in [1.807, 2.05) is 37.3 Å². The predicted octanol–water partition coefficient (Wildman–Crippen LogP) is 6.28. The standard InChI is InChI=1S/C25H22BrFN4O2/c1-2-3-10-28-25(33)31-18-8-9-22(27)20(12-18)23(32)21-14-30-24-19(21)11-16(13-29-24)15-4-6-17(26)7-5-15/h4-9,11-14H,2-3,10H2,1H3,(H,29,30)(H2,28,31,33). The van der Waals surface area contributed by atoms with E-state index in [4.69, 9.17) is 0 Å². The quantitative estimate of drug-likeness (QED) is 0.202. The Balaban J connectivity index is 1.63. The molecule has 0 aliphatic heterocycles. The third kappa shape index (κ3) is 5.12. The van der Waals surface area contributed by atoms with Crippen molar-refractivity contribution in [2.24, 2.45) is 0 Å². The van der Waals surface area contributed by atoms with Gasteiger partial charge in [0, 0.05) is 45.6 Å². The number of nitrogens with one attached hydrogen (secondary N) is 3. The molecule has 2 heterocycles. The largest absolute Gasteiger partial charge is 0.345 e. The van der Waals surface area contributed by atoms with Gasteiger partial charge in [0.25, 0.3) is 0 Å². The van der Waals surface area contributed by atoms with Gasteiger partial charge < -0.3 is 15.6 Å². The average molecular weight is 509 g/mol. The van der Waals surface area contributed by atoms with Gasteiger partial charge in [-0.25, -0.2) is 14.2 Å². The molecule has 0 fully saturated rings. The lowest BCUT2D eigenvalue weighted by atomic mass is 10.0. The van der Waals surface area contributed by atoms with E-state index in [0.717, 1.165) is 28.4 Å². The summed E-state index contributed by atoms with van der Waals surface area (Å²) in [6.07, 6.45) is 5.07. The summed E-state index contributed by atoms with van der Waals surface area (Å²) in [6, 6.07) is 13.2. The van der Waals surface area contributed by atoms with Gasteiger partial charge in [0.15, 0.2) is 5.78 Å². The van der Waals surface area contributed by atoms with Crippen molar-refractivity contribution in [2.75, 3.05) is 11.9 Å². The Bertz CT molecular complexity index is 1320. The second kappa shape index (κ2) is 9.95. The number of benzene rings is 2. The third-order valence-electron chi connectivity index (χ3n) is 5.24. The zero-order chi connectivity index (χ0) is 23.4. The van der Waals surface area contributed by atoms with Gasteiger partial charge in [-0.05, 0) is 48.4 Å². The summed E-state index contributed by atoms with van der Waals surface area (Å²) in [5.41, 5.74) is 2.82. The second-order valence-corrected chi connectivity index (χ2v) is 8.50. The number of urea groups is 1. The summed E-state index contributed by atoms with van der Waals surface area (Å²) in [5, 5.41) is 5.97. The highest BCUT2D eigenvalue weighted by molar-refractivity contribution is 9.10. The van der Waals surface area contributed by atoms with Crippen LogP contribution in [0, 0.1) is 5.82 Å². The van der Waals surface area contributed by atoms with Crippen LogP contribution in [0.15, 0.2) is 65.4 Å². The van der Waals surface area contributed by atoms with Crippen molar-refractivity contribution in [2.45, 2.75) is 19.8 Å². The van der Waals surface area contributed by atoms with E-state index in [1.165, 1.54) is 24.4 Å². The number of hydrogen-bond acceptors (Lipinski definition) is 3. The van der Waals surface area contributed by atoms with Gasteiger partial charge in [0.1, 0.15) is 11.5 Å². The Morgan fingerprint density at radius 2 is 1.85 bits per heavy atom. The highest BCUT2D eigenvalue weighted by atomic mass is 79.9. The number of amides is 2. The Morgan fingerprint density at radius 1 is 1.06 bits per heavy atom. The summed E-state index contributed by atoms with van der Waals surface area (Å²) in [5.74, 6) is -1.16. The van der Waals surface area contributed by atoms with Crippen molar-refractivity contribution >= 4 is 44.5 Å². The highest BCUT2D eigenvalue weighted by Crippen LogP contribution is 2.28. The monoisotopic (exact) mass is 508 g/mol. The Labute approximate surface area is 198 Å². The molecule has 8 heteroatoms. The maximum atomic E-state index is 14.6. The van der Waals surface area contributed by atoms with Crippen LogP contribution in [-0.2, 0) is 0 Å². The molecule has 0 spiro atoms. The molecule has 168 valence electrons. The minimum Gasteiger partial charge on any atom is -0.345 e. The first-order valence-corrected chi connectivity index (χ1v) is 11.4. The number of fused-ring (bicyclic) bond motifs is 1. The van der Waals surface area contributed by atoms with Crippen molar-refractivity contribution in [1.82, 2.24) is 15.3 Å². The number of carbonyl (C=O) groups excluding carboxylic acids is 2. The molecular weight excluding hydrogens is 487 g/mol. The molecule has 0 saturated heterocycles. The SMILES string of the molecule is CCCCNC(=O)Nc1ccc(F)c(C(=O)c2c[nH]c3ncc(-c4ccc(Br)cc4)cc23)c1. The minimum absolute atomic E-state index is 0.128. The lowest BCUT2D eigenvalue weighted by molar-refractivity contribution is 0.103. The number of ketones is 1. The van der Waals surface area contributed by atoms with Crippen molar-refractivity contribution < 1.29 is 14.0 Å². The number of anilines is 1. The summed E-state index contributed by atoms with van der Waals surface area (Å²) in [4.78, 5) is 32.7. The van der Waals surface area contributed by atoms with Crippen LogP contribution >= 0.6 is 15.9 Å². The van der Waals surface area contributed by atoms with Crippen molar-refractivity contribution in [3.8, 4) is 11.1 Å². The number of H-pyrrole nitrogens is 1. The van der Waals surface area contributed by atoms with Crippen LogP contribution in [0.5, 0.6) is 0 Å². The number of hydrogen-bond donors (Lipinski definition) is 3. The van der Waals surface area contributed by atoms with E-state index >= 15 is 0 Å². The molecule has 0 unspecified atom stereocenters. The molecule has 0 aliphatic carbocycles. The van der Waals surface area contributed by atoms with E-state index in [1.54, 1.807) is 6.20 Å². The molecule has 0 aliphatic rings. The molecular formula is C25H22BrFN4O2. The van der Waals surface area contributed by atoms with Crippen molar-refractivity contribution in [3.05, 3.63) is 82.3 Å². The molecule has 4 rings (SSSR count). The lowest BCUT2D eigenvalue weighted by Crippen LogP contribution is -2.29. The number of nitrogens with zero attached hydrogens (tertiary/aromatic N) is 1. The number of pyridine rings is 1. The number of rotatable bonds is 7. The van der Waals surface area contributed by atoms with Crippen LogP contribution in [0.1, 0.15) is 35.7 Å². The maximum absolute atomic E-state index is 14.6. The maximum Gasteiger partial charge on any atom is 0.319 e. The summed E-state index contributed by atoms with van der Waals surface area (Å²) < 4.78 is 15.6. The number of halogens is 2. The summed E-state index contributed by atoms with van der Waals surface area (Å²) in [6.45, 7) is 2.57. The zero-order valence-electron chi connectivity index (χ0n) is 17.9. The molecule has 3 N–H and O–H groups in total. The minimum atomic E-state index is -0.664. The average Bonchev–Trinajstić information content (AvgIpc) is 3.24. The molecule has 2 aromatic carbocycles. The molecule has 2 aromatic heterocycles. The van der Waals surface area contributed by atoms with Crippen LogP contribution in [0.3, 0.4) is 0 Å². The number of carbonyl (C=O) groups is 2. The Hall–Kier alpha value is -3.52. The second-order valence-electron chi connectivity index (χ2n) is 7.59. The molecule has 0 radical (unpaired) electrons. The molecule has 4 aromatic rings. The van der Waals surface area contributed by atoms with E-state index in [9.17, 15) is 14.0 Å². The summed E-state index contributed by atoms with van der Waals surface area (Å²) in [7, 11) is 0. The van der Waals surface area contributed by atoms with Gasteiger partial charge in [0.05, 0.1) is 5.56 Å². The smallest absolute Gasteiger partial charge is 0.319 e. The number of aromatic nitrogens is 2. The van der Waals surface area contributed by atoms with Gasteiger partial charge in [0.2, 0.25) is 0 Å². The fourth-order valence-corrected chi connectivity index (χ4v) is 3.73. The molecule has 0 bridgehead atoms. The Morgan fingerprint density at radius 3 is 2.61 bits per heavy atom. The first kappa shape index (κ1) is 22.7. The van der Waals surface area contributed by atoms with Crippen LogP contribution in [0.4, 0.5) is 14.9 Å². The molecule has 2 amide bonds. The van der Waals surface area contributed by atoms with Crippen LogP contribution in [0.2, 0.25) is 0 Å². The van der Waals surface area contributed by atoms with Crippen LogP contribution < -0.4 is 10.6 Å². The number of unbranched alkanes of at least 4 members (excludes halogenated alkanes) is 1. The van der Waals surface area contributed by atoms with Gasteiger partial charge >= 0.3 is 6.03 Å². The number of aromatic amines is 1. The Kier molecular flexibility index (Phi) is 6.84. The van der Waals surface area contributed by atoms with E-state index in [2.05, 4.69) is 36.5 Å². The first-order chi connectivity index (χ1) is 16.0. The van der Waals surface area contributed by atoms with E-state index < -0.39 is 17.6 Å². The molecule has 0 atom stereocenters. The van der Waals surface area contributed by atoms with E-state index in [-0.39, 0.29) is 5.56 Å². The zero-order valence-corrected chi connectivity index (χ0v) is 19.5. The van der Waals surface area contributed by atoms with Crippen LogP contribution in [0.25, 0.3) is 22.2 Å². The molecule has 0 saturated carbocycles. The van der Waals surface area contributed by atoms with Gasteiger partial charge in [-0.15, -0.1) is 0 Å². The molecule has 6 nitrogen and oxygen atoms in total. The van der Waals surface area contributed by atoms with Crippen LogP contribution in [-0.4, -0.2) is 28.3 Å². The summed E-state index contributed by atoms with van der Waals surface area (Å²) >= 11 is 3.42. The van der Waals surface area contributed by atoms with Gasteiger partial charge in [-0.3, -0.25) is 4.79 Å². The van der Waals surface area contributed by atoms with Gasteiger partial charge in [-0.1, -0.05) is 41.4 Å². The third-order valence-corrected chi connectivity index (χ3v) is 5.77. The van der Waals surface area contributed by atoms with E-state index in [0.29, 0.717) is 28.8 Å². The fourth-order valence-electron chi connectivity index (χ4n) is 3.47. The lowest BCUT2D eigenvalue weighted by Gasteiger charge is -2.09. The topological polar surface area (TPSA) is 86.9 Å². The first-order valence-electron chi connectivity index (χ1n) is 10.6. The van der Waals surface area contributed by atoms with Crippen molar-refractivity contribution in [3.63, 3.8) is 0 Å². The molecule has 33 heavy (non-hydrogen) atoms. The fraction of sp³-hybridized carbons (Fsp3) is 0.160. The highest BCUT2D eigenvalue weighted by Gasteiger charge is 2.20. The normalized spacial score (nSPS) is 10.9. The van der Waals surface area contributed by atoms with Crippen molar-refractivity contribution in [1.29, 1.82) is 0 Å². The van der Waals surface area contributed by atoms with Gasteiger partial charge in [-0.2, -0.15) is 0 Å². The predicted molar refractivity (Wildman–Crippen MR) is 131 cm³/mol.